The first-order valence-electron chi connectivity index (χ1n) is 7.58. The third kappa shape index (κ3) is 2.40. The molecule has 0 radical (unpaired) electrons. The topological polar surface area (TPSA) is 28.1 Å². The Kier molecular flexibility index (Phi) is 3.39. The number of piperazine rings is 1. The number of aliphatic imine (C=N–C) groups is 1. The van der Waals surface area contributed by atoms with Gasteiger partial charge in [-0.3, -0.25) is 0 Å². The number of benzene rings is 1. The Morgan fingerprint density at radius 2 is 1.91 bits per heavy atom. The molecule has 2 aliphatic rings. The first kappa shape index (κ1) is 13.8. The van der Waals surface area contributed by atoms with Gasteiger partial charge in [-0.25, -0.2) is 4.99 Å². The largest absolute Gasteiger partial charge is 0.453 e. The van der Waals surface area contributed by atoms with Gasteiger partial charge in [0.1, 0.15) is 17.3 Å². The van der Waals surface area contributed by atoms with E-state index in [-0.39, 0.29) is 0 Å². The molecule has 1 fully saturated rings. The molecule has 2 aliphatic heterocycles. The fraction of sp³-hybridized carbons (Fsp3) is 0.353. The molecule has 22 heavy (non-hydrogen) atoms. The average Bonchev–Trinajstić information content (AvgIpc) is 2.90. The van der Waals surface area contributed by atoms with Crippen molar-refractivity contribution in [2.45, 2.75) is 6.92 Å². The summed E-state index contributed by atoms with van der Waals surface area (Å²) >= 11 is 1.67. The molecule has 1 aromatic carbocycles. The number of amidine groups is 1. The standard InChI is InChI=1S/C17H19N3OS/c1-12-3-4-14-15(9-12)21-16-11-22-10-13(16)17(18-14)20-7-5-19(2)6-8-20/h3-4,9-11H,5-8H2,1-2H3. The minimum Gasteiger partial charge on any atom is -0.453 e. The molecule has 0 aliphatic carbocycles. The number of likely N-dealkylation sites (N-methyl/N-ethyl adjacent to an activating group) is 1. The van der Waals surface area contributed by atoms with Gasteiger partial charge in [-0.05, 0) is 31.7 Å². The van der Waals surface area contributed by atoms with Crippen molar-refractivity contribution in [3.05, 3.63) is 40.1 Å². The van der Waals surface area contributed by atoms with E-state index in [2.05, 4.69) is 52.7 Å². The van der Waals surface area contributed by atoms with Crippen LogP contribution in [0.25, 0.3) is 0 Å². The van der Waals surface area contributed by atoms with Crippen LogP contribution in [0.4, 0.5) is 5.69 Å². The molecule has 0 spiro atoms. The zero-order valence-electron chi connectivity index (χ0n) is 12.9. The molecule has 4 nitrogen and oxygen atoms in total. The van der Waals surface area contributed by atoms with E-state index in [1.807, 2.05) is 0 Å². The number of ether oxygens (including phenoxy) is 1. The van der Waals surface area contributed by atoms with Crippen LogP contribution in [0.5, 0.6) is 11.5 Å². The normalized spacial score (nSPS) is 18.1. The van der Waals surface area contributed by atoms with Gasteiger partial charge < -0.3 is 14.5 Å². The van der Waals surface area contributed by atoms with Crippen LogP contribution in [0.3, 0.4) is 0 Å². The molecule has 0 bridgehead atoms. The number of rotatable bonds is 0. The number of hydrogen-bond donors (Lipinski definition) is 0. The molecule has 0 saturated carbocycles. The van der Waals surface area contributed by atoms with Crippen molar-refractivity contribution in [2.24, 2.45) is 4.99 Å². The third-order valence-electron chi connectivity index (χ3n) is 4.23. The van der Waals surface area contributed by atoms with E-state index < -0.39 is 0 Å². The highest BCUT2D eigenvalue weighted by atomic mass is 32.1. The molecule has 0 amide bonds. The summed E-state index contributed by atoms with van der Waals surface area (Å²) < 4.78 is 6.12. The molecule has 0 N–H and O–H groups in total. The maximum Gasteiger partial charge on any atom is 0.153 e. The molecule has 5 heteroatoms. The lowest BCUT2D eigenvalue weighted by molar-refractivity contribution is 0.216. The van der Waals surface area contributed by atoms with Crippen LogP contribution in [0.2, 0.25) is 0 Å². The Bertz CT molecular complexity index is 729. The Balaban J connectivity index is 1.79. The van der Waals surface area contributed by atoms with Crippen LogP contribution in [0.15, 0.2) is 34.0 Å². The van der Waals surface area contributed by atoms with Crippen LogP contribution in [0, 0.1) is 6.92 Å². The van der Waals surface area contributed by atoms with Crippen LogP contribution in [-0.4, -0.2) is 48.9 Å². The molecule has 114 valence electrons. The fourth-order valence-electron chi connectivity index (χ4n) is 2.87. The highest BCUT2D eigenvalue weighted by molar-refractivity contribution is 7.08. The highest BCUT2D eigenvalue weighted by Gasteiger charge is 2.25. The lowest BCUT2D eigenvalue weighted by Crippen LogP contribution is -2.47. The highest BCUT2D eigenvalue weighted by Crippen LogP contribution is 2.40. The summed E-state index contributed by atoms with van der Waals surface area (Å²) in [5, 5.41) is 4.21. The second-order valence-corrected chi connectivity index (χ2v) is 6.69. The van der Waals surface area contributed by atoms with Gasteiger partial charge in [0.25, 0.3) is 0 Å². The van der Waals surface area contributed by atoms with E-state index in [4.69, 9.17) is 9.73 Å². The average molecular weight is 313 g/mol. The second-order valence-electron chi connectivity index (χ2n) is 5.95. The molecule has 1 saturated heterocycles. The van der Waals surface area contributed by atoms with E-state index in [9.17, 15) is 0 Å². The number of fused-ring (bicyclic) bond motifs is 2. The van der Waals surface area contributed by atoms with Crippen LogP contribution < -0.4 is 4.74 Å². The number of nitrogens with zero attached hydrogens (tertiary/aromatic N) is 3. The van der Waals surface area contributed by atoms with Crippen LogP contribution in [0.1, 0.15) is 11.1 Å². The lowest BCUT2D eigenvalue weighted by Gasteiger charge is -2.34. The predicted molar refractivity (Wildman–Crippen MR) is 90.8 cm³/mol. The maximum absolute atomic E-state index is 6.12. The van der Waals surface area contributed by atoms with E-state index in [1.54, 1.807) is 11.3 Å². The molecule has 0 atom stereocenters. The smallest absolute Gasteiger partial charge is 0.153 e. The van der Waals surface area contributed by atoms with Crippen LogP contribution >= 0.6 is 11.3 Å². The van der Waals surface area contributed by atoms with E-state index in [0.717, 1.165) is 54.8 Å². The quantitative estimate of drug-likeness (QED) is 0.745. The fourth-order valence-corrected chi connectivity index (χ4v) is 3.60. The van der Waals surface area contributed by atoms with E-state index in [1.165, 1.54) is 5.56 Å². The maximum atomic E-state index is 6.12. The Labute approximate surface area is 134 Å². The van der Waals surface area contributed by atoms with Crippen molar-refractivity contribution in [3.63, 3.8) is 0 Å². The summed E-state index contributed by atoms with van der Waals surface area (Å²) in [5.41, 5.74) is 3.22. The summed E-state index contributed by atoms with van der Waals surface area (Å²) in [6.45, 7) is 6.23. The third-order valence-corrected chi connectivity index (χ3v) is 4.95. The summed E-state index contributed by atoms with van der Waals surface area (Å²) in [7, 11) is 2.17. The van der Waals surface area contributed by atoms with Gasteiger partial charge in [-0.15, -0.1) is 11.3 Å². The van der Waals surface area contributed by atoms with E-state index in [0.29, 0.717) is 0 Å². The Morgan fingerprint density at radius 3 is 2.73 bits per heavy atom. The molecule has 4 rings (SSSR count). The summed E-state index contributed by atoms with van der Waals surface area (Å²) in [6.07, 6.45) is 0. The molecular formula is C17H19N3OS. The van der Waals surface area contributed by atoms with Gasteiger partial charge in [-0.2, -0.15) is 0 Å². The first-order chi connectivity index (χ1) is 10.7. The summed E-state index contributed by atoms with van der Waals surface area (Å²) in [6, 6.07) is 6.20. The SMILES string of the molecule is Cc1ccc2c(c1)Oc1cscc1C(N1CCN(C)CC1)=N2. The van der Waals surface area contributed by atoms with Gasteiger partial charge in [0.2, 0.25) is 0 Å². The Hall–Kier alpha value is -1.85. The molecular weight excluding hydrogens is 294 g/mol. The summed E-state index contributed by atoms with van der Waals surface area (Å²) in [5.74, 6) is 2.82. The minimum absolute atomic E-state index is 0.851. The van der Waals surface area contributed by atoms with Crippen molar-refractivity contribution in [3.8, 4) is 11.5 Å². The number of aryl methyl sites for hydroxylation is 1. The Morgan fingerprint density at radius 1 is 1.09 bits per heavy atom. The minimum atomic E-state index is 0.851. The molecule has 3 heterocycles. The molecule has 0 unspecified atom stereocenters. The molecule has 2 aromatic rings. The van der Waals surface area contributed by atoms with Gasteiger partial charge in [0, 0.05) is 36.9 Å². The number of thiophene rings is 1. The van der Waals surface area contributed by atoms with Crippen LogP contribution in [-0.2, 0) is 0 Å². The zero-order chi connectivity index (χ0) is 15.1. The van der Waals surface area contributed by atoms with Crippen molar-refractivity contribution in [1.29, 1.82) is 0 Å². The number of hydrogen-bond acceptors (Lipinski definition) is 5. The molecule has 1 aromatic heterocycles. The predicted octanol–water partition coefficient (Wildman–Crippen LogP) is 3.49. The zero-order valence-corrected chi connectivity index (χ0v) is 13.7. The summed E-state index contributed by atoms with van der Waals surface area (Å²) in [4.78, 5) is 9.68. The van der Waals surface area contributed by atoms with Gasteiger partial charge in [-0.1, -0.05) is 6.07 Å². The van der Waals surface area contributed by atoms with Gasteiger partial charge in [0.15, 0.2) is 5.75 Å². The van der Waals surface area contributed by atoms with Crippen molar-refractivity contribution < 1.29 is 4.74 Å². The van der Waals surface area contributed by atoms with E-state index >= 15 is 0 Å². The monoisotopic (exact) mass is 313 g/mol. The van der Waals surface area contributed by atoms with Gasteiger partial charge in [0.05, 0.1) is 5.56 Å². The van der Waals surface area contributed by atoms with Crippen molar-refractivity contribution in [1.82, 2.24) is 9.80 Å². The first-order valence-corrected chi connectivity index (χ1v) is 8.52. The van der Waals surface area contributed by atoms with Crippen molar-refractivity contribution in [2.75, 3.05) is 33.2 Å². The lowest BCUT2D eigenvalue weighted by atomic mass is 10.2. The van der Waals surface area contributed by atoms with Crippen molar-refractivity contribution >= 4 is 22.9 Å². The van der Waals surface area contributed by atoms with Gasteiger partial charge >= 0.3 is 0 Å². The second kappa shape index (κ2) is 5.41.